The minimum Gasteiger partial charge on any atom is -0.316 e. The average Bonchev–Trinajstić information content (AvgIpc) is 2.71. The monoisotopic (exact) mass is 240 g/mol. The van der Waals surface area contributed by atoms with Crippen molar-refractivity contribution < 1.29 is 0 Å². The lowest BCUT2D eigenvalue weighted by atomic mass is 10.1. The van der Waals surface area contributed by atoms with Crippen LogP contribution in [-0.4, -0.2) is 75.8 Å². The zero-order chi connectivity index (χ0) is 12.1. The molecule has 2 aliphatic heterocycles. The van der Waals surface area contributed by atoms with Crippen molar-refractivity contribution in [3.8, 4) is 0 Å². The van der Waals surface area contributed by atoms with Gasteiger partial charge in [-0.2, -0.15) is 0 Å². The summed E-state index contributed by atoms with van der Waals surface area (Å²) >= 11 is 0. The van der Waals surface area contributed by atoms with E-state index in [1.807, 2.05) is 0 Å². The molecule has 17 heavy (non-hydrogen) atoms. The molecular formula is C13H28N4. The Kier molecular flexibility index (Phi) is 5.22. The van der Waals surface area contributed by atoms with Crippen LogP contribution in [0.4, 0.5) is 0 Å². The van der Waals surface area contributed by atoms with E-state index in [0.717, 1.165) is 19.0 Å². The van der Waals surface area contributed by atoms with Crippen molar-refractivity contribution in [3.63, 3.8) is 0 Å². The van der Waals surface area contributed by atoms with Gasteiger partial charge in [-0.3, -0.25) is 0 Å². The number of likely N-dealkylation sites (tertiary alicyclic amines) is 1. The first-order chi connectivity index (χ1) is 8.24. The Balaban J connectivity index is 1.51. The summed E-state index contributed by atoms with van der Waals surface area (Å²) < 4.78 is 0. The molecule has 0 aromatic heterocycles. The van der Waals surface area contributed by atoms with Gasteiger partial charge < -0.3 is 20.4 Å². The molecule has 0 amide bonds. The third-order valence-corrected chi connectivity index (χ3v) is 4.05. The summed E-state index contributed by atoms with van der Waals surface area (Å²) in [6, 6.07) is 0.688. The van der Waals surface area contributed by atoms with Crippen molar-refractivity contribution in [2.45, 2.75) is 18.9 Å². The van der Waals surface area contributed by atoms with E-state index in [4.69, 9.17) is 0 Å². The normalized spacial score (nSPS) is 32.1. The molecule has 2 aliphatic rings. The average molecular weight is 240 g/mol. The number of piperazine rings is 1. The Morgan fingerprint density at radius 3 is 2.71 bits per heavy atom. The molecule has 2 atom stereocenters. The Morgan fingerprint density at radius 2 is 2.00 bits per heavy atom. The minimum atomic E-state index is 0.688. The van der Waals surface area contributed by atoms with E-state index in [1.165, 1.54) is 45.6 Å². The van der Waals surface area contributed by atoms with Crippen molar-refractivity contribution in [1.82, 2.24) is 20.4 Å². The van der Waals surface area contributed by atoms with E-state index < -0.39 is 0 Å². The van der Waals surface area contributed by atoms with Crippen LogP contribution in [0.3, 0.4) is 0 Å². The number of hydrogen-bond donors (Lipinski definition) is 2. The van der Waals surface area contributed by atoms with Crippen molar-refractivity contribution in [1.29, 1.82) is 0 Å². The molecule has 4 heteroatoms. The van der Waals surface area contributed by atoms with E-state index in [2.05, 4.69) is 34.5 Å². The highest BCUT2D eigenvalue weighted by Crippen LogP contribution is 2.12. The van der Waals surface area contributed by atoms with Crippen molar-refractivity contribution in [2.24, 2.45) is 5.92 Å². The maximum absolute atomic E-state index is 3.62. The highest BCUT2D eigenvalue weighted by molar-refractivity contribution is 4.78. The van der Waals surface area contributed by atoms with Crippen LogP contribution in [-0.2, 0) is 0 Å². The summed E-state index contributed by atoms with van der Waals surface area (Å²) in [5.74, 6) is 0.877. The Labute approximate surface area is 106 Å². The standard InChI is InChI=1S/C13H28N4/c1-16-7-4-12(10-16)9-14-5-3-13-11-17(2)8-6-15-13/h12-15H,3-11H2,1-2H3. The molecule has 0 aromatic carbocycles. The third kappa shape index (κ3) is 4.54. The van der Waals surface area contributed by atoms with Crippen LogP contribution >= 0.6 is 0 Å². The molecule has 4 nitrogen and oxygen atoms in total. The molecule has 2 saturated heterocycles. The second-order valence-electron chi connectivity index (χ2n) is 5.82. The Hall–Kier alpha value is -0.160. The lowest BCUT2D eigenvalue weighted by Crippen LogP contribution is -2.49. The zero-order valence-corrected chi connectivity index (χ0v) is 11.4. The third-order valence-electron chi connectivity index (χ3n) is 4.05. The summed E-state index contributed by atoms with van der Waals surface area (Å²) in [7, 11) is 4.44. The fourth-order valence-electron chi connectivity index (χ4n) is 2.96. The predicted octanol–water partition coefficient (Wildman–Crippen LogP) is -0.179. The molecule has 0 saturated carbocycles. The summed E-state index contributed by atoms with van der Waals surface area (Å²) in [4.78, 5) is 4.86. The van der Waals surface area contributed by atoms with Gasteiger partial charge in [0.1, 0.15) is 0 Å². The van der Waals surface area contributed by atoms with Gasteiger partial charge in [-0.05, 0) is 52.5 Å². The topological polar surface area (TPSA) is 30.5 Å². The Morgan fingerprint density at radius 1 is 1.18 bits per heavy atom. The minimum absolute atomic E-state index is 0.688. The van der Waals surface area contributed by atoms with Gasteiger partial charge in [0.05, 0.1) is 0 Å². The molecule has 2 heterocycles. The first-order valence-electron chi connectivity index (χ1n) is 7.05. The molecule has 0 aromatic rings. The van der Waals surface area contributed by atoms with Gasteiger partial charge in [0.25, 0.3) is 0 Å². The molecule has 0 aliphatic carbocycles. The first-order valence-corrected chi connectivity index (χ1v) is 7.05. The molecule has 2 fully saturated rings. The smallest absolute Gasteiger partial charge is 0.0207 e. The van der Waals surface area contributed by atoms with Crippen molar-refractivity contribution in [2.75, 3.05) is 59.9 Å². The van der Waals surface area contributed by atoms with Crippen LogP contribution in [0.15, 0.2) is 0 Å². The van der Waals surface area contributed by atoms with Gasteiger partial charge in [-0.25, -0.2) is 0 Å². The summed E-state index contributed by atoms with van der Waals surface area (Å²) in [5.41, 5.74) is 0. The van der Waals surface area contributed by atoms with Crippen LogP contribution < -0.4 is 10.6 Å². The highest BCUT2D eigenvalue weighted by atomic mass is 15.2. The molecule has 2 rings (SSSR count). The molecule has 2 unspecified atom stereocenters. The molecule has 0 bridgehead atoms. The van der Waals surface area contributed by atoms with Crippen LogP contribution in [0, 0.1) is 5.92 Å². The maximum atomic E-state index is 3.62. The van der Waals surface area contributed by atoms with Gasteiger partial charge in [-0.15, -0.1) is 0 Å². The van der Waals surface area contributed by atoms with Crippen LogP contribution in [0.5, 0.6) is 0 Å². The van der Waals surface area contributed by atoms with Crippen molar-refractivity contribution in [3.05, 3.63) is 0 Å². The molecule has 2 N–H and O–H groups in total. The Bertz CT molecular complexity index is 221. The fraction of sp³-hybridized carbons (Fsp3) is 1.00. The molecule has 0 spiro atoms. The van der Waals surface area contributed by atoms with Gasteiger partial charge in [0.2, 0.25) is 0 Å². The number of nitrogens with one attached hydrogen (secondary N) is 2. The first kappa shape index (κ1) is 13.3. The van der Waals surface area contributed by atoms with Gasteiger partial charge in [0, 0.05) is 32.2 Å². The zero-order valence-electron chi connectivity index (χ0n) is 11.4. The number of rotatable bonds is 5. The predicted molar refractivity (Wildman–Crippen MR) is 72.4 cm³/mol. The lowest BCUT2D eigenvalue weighted by Gasteiger charge is -2.31. The summed E-state index contributed by atoms with van der Waals surface area (Å²) in [5, 5.41) is 7.22. The van der Waals surface area contributed by atoms with E-state index in [1.54, 1.807) is 0 Å². The number of hydrogen-bond acceptors (Lipinski definition) is 4. The highest BCUT2D eigenvalue weighted by Gasteiger charge is 2.19. The van der Waals surface area contributed by atoms with E-state index in [9.17, 15) is 0 Å². The molecule has 100 valence electrons. The van der Waals surface area contributed by atoms with E-state index in [0.29, 0.717) is 6.04 Å². The molecular weight excluding hydrogens is 212 g/mol. The van der Waals surface area contributed by atoms with Gasteiger partial charge in [0.15, 0.2) is 0 Å². The number of nitrogens with zero attached hydrogens (tertiary/aromatic N) is 2. The second-order valence-corrected chi connectivity index (χ2v) is 5.82. The lowest BCUT2D eigenvalue weighted by molar-refractivity contribution is 0.230. The SMILES string of the molecule is CN1CCC(CNCCC2CN(C)CCN2)C1. The second kappa shape index (κ2) is 6.69. The molecule has 0 radical (unpaired) electrons. The van der Waals surface area contributed by atoms with Crippen LogP contribution in [0.1, 0.15) is 12.8 Å². The van der Waals surface area contributed by atoms with Crippen LogP contribution in [0.2, 0.25) is 0 Å². The van der Waals surface area contributed by atoms with E-state index >= 15 is 0 Å². The van der Waals surface area contributed by atoms with Crippen molar-refractivity contribution >= 4 is 0 Å². The van der Waals surface area contributed by atoms with Gasteiger partial charge in [-0.1, -0.05) is 0 Å². The summed E-state index contributed by atoms with van der Waals surface area (Å²) in [6.07, 6.45) is 2.63. The fourth-order valence-corrected chi connectivity index (χ4v) is 2.96. The van der Waals surface area contributed by atoms with Gasteiger partial charge >= 0.3 is 0 Å². The van der Waals surface area contributed by atoms with E-state index in [-0.39, 0.29) is 0 Å². The van der Waals surface area contributed by atoms with Crippen LogP contribution in [0.25, 0.3) is 0 Å². The number of likely N-dealkylation sites (N-methyl/N-ethyl adjacent to an activating group) is 1. The quantitative estimate of drug-likeness (QED) is 0.653. The largest absolute Gasteiger partial charge is 0.316 e. The maximum Gasteiger partial charge on any atom is 0.0207 e. The summed E-state index contributed by atoms with van der Waals surface area (Å²) in [6.45, 7) is 8.46.